The van der Waals surface area contributed by atoms with Crippen molar-refractivity contribution in [3.63, 3.8) is 0 Å². The van der Waals surface area contributed by atoms with Gasteiger partial charge in [-0.05, 0) is 13.8 Å². The Balaban J connectivity index is 2.36. The second kappa shape index (κ2) is 5.50. The van der Waals surface area contributed by atoms with Gasteiger partial charge in [-0.25, -0.2) is 0 Å². The lowest BCUT2D eigenvalue weighted by Gasteiger charge is -2.38. The van der Waals surface area contributed by atoms with E-state index in [1.807, 2.05) is 13.8 Å². The number of morpholine rings is 1. The number of nitrogens with two attached hydrogens (primary N) is 1. The first-order valence-corrected chi connectivity index (χ1v) is 6.76. The summed E-state index contributed by atoms with van der Waals surface area (Å²) in [6, 6.07) is 2.29. The lowest BCUT2D eigenvalue weighted by Crippen LogP contribution is -2.50. The van der Waals surface area contributed by atoms with Crippen molar-refractivity contribution in [2.75, 3.05) is 25.4 Å². The summed E-state index contributed by atoms with van der Waals surface area (Å²) in [6.45, 7) is 4.93. The zero-order valence-corrected chi connectivity index (χ0v) is 12.5. The number of anilines is 1. The minimum absolute atomic E-state index is 0.0000645. The first-order valence-electron chi connectivity index (χ1n) is 6.38. The van der Waals surface area contributed by atoms with Gasteiger partial charge in [0.1, 0.15) is 0 Å². The van der Waals surface area contributed by atoms with Crippen LogP contribution in [0.25, 0.3) is 0 Å². The van der Waals surface area contributed by atoms with Gasteiger partial charge in [0.25, 0.3) is 11.6 Å². The molecule has 1 aromatic carbocycles. The van der Waals surface area contributed by atoms with Crippen molar-refractivity contribution >= 4 is 28.9 Å². The summed E-state index contributed by atoms with van der Waals surface area (Å²) in [7, 11) is 0. The predicted octanol–water partition coefficient (Wildman–Crippen LogP) is 2.08. The molecule has 2 rings (SSSR count). The van der Waals surface area contributed by atoms with Crippen molar-refractivity contribution in [3.05, 3.63) is 32.8 Å². The van der Waals surface area contributed by atoms with Gasteiger partial charge in [0, 0.05) is 25.2 Å². The second-order valence-electron chi connectivity index (χ2n) is 5.48. The van der Waals surface area contributed by atoms with Crippen molar-refractivity contribution in [2.45, 2.75) is 19.4 Å². The van der Waals surface area contributed by atoms with Crippen LogP contribution in [0.3, 0.4) is 0 Å². The SMILES string of the molecule is CC1(C)CN(C(=O)c2cc([N+](=O)[O-])cc(Cl)c2N)CCO1. The average molecular weight is 314 g/mol. The number of carbonyl (C=O) groups is 1. The number of nitrogen functional groups attached to an aromatic ring is 1. The molecule has 7 nitrogen and oxygen atoms in total. The Hall–Kier alpha value is -1.86. The smallest absolute Gasteiger partial charge is 0.271 e. The number of halogens is 1. The monoisotopic (exact) mass is 313 g/mol. The van der Waals surface area contributed by atoms with E-state index in [1.54, 1.807) is 4.90 Å². The summed E-state index contributed by atoms with van der Waals surface area (Å²) in [6.07, 6.45) is 0. The summed E-state index contributed by atoms with van der Waals surface area (Å²) >= 11 is 5.88. The summed E-state index contributed by atoms with van der Waals surface area (Å²) in [5.41, 5.74) is 5.17. The number of ether oxygens (including phenoxy) is 1. The molecule has 0 radical (unpaired) electrons. The topological polar surface area (TPSA) is 98.7 Å². The summed E-state index contributed by atoms with van der Waals surface area (Å²) in [5.74, 6) is -0.380. The van der Waals surface area contributed by atoms with Crippen molar-refractivity contribution in [1.82, 2.24) is 4.90 Å². The van der Waals surface area contributed by atoms with E-state index >= 15 is 0 Å². The standard InChI is InChI=1S/C13H16ClN3O4/c1-13(2)7-16(3-4-21-13)12(18)9-5-8(17(19)20)6-10(14)11(9)15/h5-6H,3-4,7,15H2,1-2H3. The van der Waals surface area contributed by atoms with Gasteiger partial charge in [0.2, 0.25) is 0 Å². The highest BCUT2D eigenvalue weighted by molar-refractivity contribution is 6.34. The molecular formula is C13H16ClN3O4. The molecule has 1 aliphatic rings. The fraction of sp³-hybridized carbons (Fsp3) is 0.462. The maximum absolute atomic E-state index is 12.5. The Kier molecular flexibility index (Phi) is 4.06. The molecule has 0 unspecified atom stereocenters. The van der Waals surface area contributed by atoms with Crippen LogP contribution in [-0.2, 0) is 4.74 Å². The van der Waals surface area contributed by atoms with E-state index < -0.39 is 10.5 Å². The first kappa shape index (κ1) is 15.5. The number of nitro benzene ring substituents is 1. The number of amides is 1. The highest BCUT2D eigenvalue weighted by Crippen LogP contribution is 2.30. The molecule has 1 heterocycles. The van der Waals surface area contributed by atoms with Crippen LogP contribution in [0.4, 0.5) is 11.4 Å². The number of hydrogen-bond donors (Lipinski definition) is 1. The fourth-order valence-corrected chi connectivity index (χ4v) is 2.46. The van der Waals surface area contributed by atoms with Gasteiger partial charge < -0.3 is 15.4 Å². The molecule has 1 fully saturated rings. The van der Waals surface area contributed by atoms with Crippen molar-refractivity contribution < 1.29 is 14.5 Å². The number of non-ortho nitro benzene ring substituents is 1. The molecule has 0 aliphatic carbocycles. The average Bonchev–Trinajstić information content (AvgIpc) is 2.39. The zero-order chi connectivity index (χ0) is 15.8. The zero-order valence-electron chi connectivity index (χ0n) is 11.8. The molecule has 0 bridgehead atoms. The second-order valence-corrected chi connectivity index (χ2v) is 5.89. The van der Waals surface area contributed by atoms with Crippen LogP contribution in [0.5, 0.6) is 0 Å². The quantitative estimate of drug-likeness (QED) is 0.512. The minimum atomic E-state index is -0.606. The van der Waals surface area contributed by atoms with E-state index in [-0.39, 0.29) is 27.9 Å². The van der Waals surface area contributed by atoms with Gasteiger partial charge >= 0.3 is 0 Å². The van der Waals surface area contributed by atoms with Crippen molar-refractivity contribution in [3.8, 4) is 0 Å². The first-order chi connectivity index (χ1) is 9.71. The van der Waals surface area contributed by atoms with Gasteiger partial charge in [0.05, 0.1) is 33.4 Å². The molecule has 0 aromatic heterocycles. The third-order valence-corrected chi connectivity index (χ3v) is 3.58. The van der Waals surface area contributed by atoms with E-state index in [0.717, 1.165) is 12.1 Å². The Bertz CT molecular complexity index is 603. The number of nitro groups is 1. The molecule has 1 amide bonds. The molecule has 2 N–H and O–H groups in total. The van der Waals surface area contributed by atoms with Crippen LogP contribution >= 0.6 is 11.6 Å². The minimum Gasteiger partial charge on any atom is -0.397 e. The van der Waals surface area contributed by atoms with Crippen LogP contribution in [0.1, 0.15) is 24.2 Å². The molecular weight excluding hydrogens is 298 g/mol. The number of rotatable bonds is 2. The highest BCUT2D eigenvalue weighted by Gasteiger charge is 2.32. The molecule has 1 saturated heterocycles. The molecule has 114 valence electrons. The van der Waals surface area contributed by atoms with E-state index in [2.05, 4.69) is 0 Å². The van der Waals surface area contributed by atoms with Crippen molar-refractivity contribution in [2.24, 2.45) is 0 Å². The number of benzene rings is 1. The van der Waals surface area contributed by atoms with Gasteiger partial charge in [-0.3, -0.25) is 14.9 Å². The third kappa shape index (κ3) is 3.25. The van der Waals surface area contributed by atoms with Gasteiger partial charge in [-0.15, -0.1) is 0 Å². The Labute approximate surface area is 126 Å². The van der Waals surface area contributed by atoms with Gasteiger partial charge in [0.15, 0.2) is 0 Å². The van der Waals surface area contributed by atoms with Crippen LogP contribution in [0.2, 0.25) is 5.02 Å². The molecule has 1 aliphatic heterocycles. The lowest BCUT2D eigenvalue weighted by molar-refractivity contribution is -0.384. The number of hydrogen-bond acceptors (Lipinski definition) is 5. The molecule has 1 aromatic rings. The van der Waals surface area contributed by atoms with Crippen LogP contribution < -0.4 is 5.73 Å². The van der Waals surface area contributed by atoms with Crippen LogP contribution in [0.15, 0.2) is 12.1 Å². The maximum atomic E-state index is 12.5. The van der Waals surface area contributed by atoms with Crippen LogP contribution in [-0.4, -0.2) is 41.0 Å². The summed E-state index contributed by atoms with van der Waals surface area (Å²) in [5, 5.41) is 10.9. The maximum Gasteiger partial charge on any atom is 0.271 e. The molecule has 0 atom stereocenters. The Morgan fingerprint density at radius 1 is 1.52 bits per heavy atom. The van der Waals surface area contributed by atoms with E-state index in [0.29, 0.717) is 19.7 Å². The predicted molar refractivity (Wildman–Crippen MR) is 78.5 cm³/mol. The Morgan fingerprint density at radius 3 is 2.76 bits per heavy atom. The van der Waals surface area contributed by atoms with Crippen LogP contribution in [0, 0.1) is 10.1 Å². The molecule has 21 heavy (non-hydrogen) atoms. The third-order valence-electron chi connectivity index (χ3n) is 3.27. The van der Waals surface area contributed by atoms with E-state index in [1.165, 1.54) is 0 Å². The van der Waals surface area contributed by atoms with Gasteiger partial charge in [-0.2, -0.15) is 0 Å². The number of carbonyl (C=O) groups excluding carboxylic acids is 1. The lowest BCUT2D eigenvalue weighted by atomic mass is 10.1. The largest absolute Gasteiger partial charge is 0.397 e. The Morgan fingerprint density at radius 2 is 2.19 bits per heavy atom. The van der Waals surface area contributed by atoms with Crippen molar-refractivity contribution in [1.29, 1.82) is 0 Å². The van der Waals surface area contributed by atoms with E-state index in [4.69, 9.17) is 22.1 Å². The highest BCUT2D eigenvalue weighted by atomic mass is 35.5. The molecule has 0 saturated carbocycles. The molecule has 8 heteroatoms. The van der Waals surface area contributed by atoms with Gasteiger partial charge in [-0.1, -0.05) is 11.6 Å². The fourth-order valence-electron chi connectivity index (χ4n) is 2.25. The number of nitrogens with zero attached hydrogens (tertiary/aromatic N) is 2. The molecule has 0 spiro atoms. The summed E-state index contributed by atoms with van der Waals surface area (Å²) < 4.78 is 5.54. The van der Waals surface area contributed by atoms with E-state index in [9.17, 15) is 14.9 Å². The summed E-state index contributed by atoms with van der Waals surface area (Å²) in [4.78, 5) is 24.4. The normalized spacial score (nSPS) is 17.6.